The molecule has 4 heteroatoms. The second-order valence-electron chi connectivity index (χ2n) is 6.35. The van der Waals surface area contributed by atoms with E-state index in [-0.39, 0.29) is 17.2 Å². The second kappa shape index (κ2) is 10.0. The number of ether oxygens (including phenoxy) is 1. The number of carboxylic acid groups (broad SMARTS) is 1. The zero-order valence-electron chi connectivity index (χ0n) is 14.4. The summed E-state index contributed by atoms with van der Waals surface area (Å²) in [5.41, 5.74) is 0.124. The van der Waals surface area contributed by atoms with Crippen molar-refractivity contribution in [2.75, 3.05) is 0 Å². The summed E-state index contributed by atoms with van der Waals surface area (Å²) in [5, 5.41) is 9.18. The van der Waals surface area contributed by atoms with Gasteiger partial charge >= 0.3 is 11.9 Å². The molecule has 0 aliphatic carbocycles. The van der Waals surface area contributed by atoms with Crippen LogP contribution in [0.15, 0.2) is 24.3 Å². The number of unbranched alkanes of at least 4 members (excludes halogenated alkanes) is 1. The van der Waals surface area contributed by atoms with Gasteiger partial charge in [-0.3, -0.25) is 0 Å². The van der Waals surface area contributed by atoms with E-state index in [1.165, 1.54) is 12.1 Å². The highest BCUT2D eigenvalue weighted by molar-refractivity contribution is 6.02. The molecule has 1 aromatic rings. The van der Waals surface area contributed by atoms with Gasteiger partial charge in [-0.05, 0) is 37.3 Å². The van der Waals surface area contributed by atoms with Crippen molar-refractivity contribution < 1.29 is 19.4 Å². The first-order chi connectivity index (χ1) is 11.0. The SMILES string of the molecule is CCCCC(CCCC(C)C)OC(=O)c1ccccc1C(=O)O. The van der Waals surface area contributed by atoms with Crippen LogP contribution in [0.4, 0.5) is 0 Å². The molecular weight excluding hydrogens is 292 g/mol. The van der Waals surface area contributed by atoms with Crippen LogP contribution in [0, 0.1) is 5.92 Å². The van der Waals surface area contributed by atoms with E-state index in [9.17, 15) is 14.7 Å². The maximum atomic E-state index is 12.4. The summed E-state index contributed by atoms with van der Waals surface area (Å²) in [6.45, 7) is 6.46. The minimum Gasteiger partial charge on any atom is -0.478 e. The standard InChI is InChI=1S/C19H28O4/c1-4-5-10-15(11-8-9-14(2)3)23-19(22)17-13-7-6-12-16(17)18(20)21/h6-7,12-15H,4-5,8-11H2,1-3H3,(H,20,21). The van der Waals surface area contributed by atoms with Crippen LogP contribution in [0.25, 0.3) is 0 Å². The van der Waals surface area contributed by atoms with Gasteiger partial charge in [-0.25, -0.2) is 9.59 Å². The fraction of sp³-hybridized carbons (Fsp3) is 0.579. The van der Waals surface area contributed by atoms with E-state index in [1.807, 2.05) is 0 Å². The molecule has 0 spiro atoms. The van der Waals surface area contributed by atoms with Crippen molar-refractivity contribution in [2.24, 2.45) is 5.92 Å². The Bertz CT molecular complexity index is 508. The van der Waals surface area contributed by atoms with Crippen LogP contribution in [-0.2, 0) is 4.74 Å². The number of carbonyl (C=O) groups is 2. The number of esters is 1. The number of benzene rings is 1. The normalized spacial score (nSPS) is 12.2. The second-order valence-corrected chi connectivity index (χ2v) is 6.35. The average molecular weight is 320 g/mol. The van der Waals surface area contributed by atoms with Crippen LogP contribution in [0.2, 0.25) is 0 Å². The van der Waals surface area contributed by atoms with Gasteiger partial charge in [0.15, 0.2) is 0 Å². The molecule has 0 amide bonds. The van der Waals surface area contributed by atoms with E-state index >= 15 is 0 Å². The molecule has 1 rings (SSSR count). The molecule has 0 bridgehead atoms. The Balaban J connectivity index is 2.73. The number of rotatable bonds is 10. The molecule has 1 unspecified atom stereocenters. The first kappa shape index (κ1) is 19.2. The fourth-order valence-electron chi connectivity index (χ4n) is 2.51. The molecule has 0 saturated heterocycles. The van der Waals surface area contributed by atoms with Crippen molar-refractivity contribution in [3.05, 3.63) is 35.4 Å². The molecule has 0 radical (unpaired) electrons. The molecule has 0 fully saturated rings. The minimum atomic E-state index is -1.11. The maximum absolute atomic E-state index is 12.4. The Kier molecular flexibility index (Phi) is 8.38. The Morgan fingerprint density at radius 1 is 1.04 bits per heavy atom. The van der Waals surface area contributed by atoms with E-state index in [2.05, 4.69) is 20.8 Å². The number of carbonyl (C=O) groups excluding carboxylic acids is 1. The molecule has 1 aromatic carbocycles. The third-order valence-corrected chi connectivity index (χ3v) is 3.84. The van der Waals surface area contributed by atoms with Gasteiger partial charge in [-0.2, -0.15) is 0 Å². The monoisotopic (exact) mass is 320 g/mol. The van der Waals surface area contributed by atoms with Crippen molar-refractivity contribution in [1.29, 1.82) is 0 Å². The largest absolute Gasteiger partial charge is 0.478 e. The van der Waals surface area contributed by atoms with Crippen molar-refractivity contribution in [3.63, 3.8) is 0 Å². The summed E-state index contributed by atoms with van der Waals surface area (Å²) in [6, 6.07) is 6.20. The molecule has 128 valence electrons. The predicted molar refractivity (Wildman–Crippen MR) is 90.8 cm³/mol. The number of carboxylic acids is 1. The average Bonchev–Trinajstić information content (AvgIpc) is 2.51. The Hall–Kier alpha value is -1.84. The number of hydrogen-bond acceptors (Lipinski definition) is 3. The minimum absolute atomic E-state index is 0.00563. The van der Waals surface area contributed by atoms with E-state index in [4.69, 9.17) is 4.74 Å². The van der Waals surface area contributed by atoms with Gasteiger partial charge in [-0.1, -0.05) is 52.2 Å². The highest BCUT2D eigenvalue weighted by Crippen LogP contribution is 2.18. The van der Waals surface area contributed by atoms with E-state index in [0.717, 1.165) is 38.5 Å². The van der Waals surface area contributed by atoms with Gasteiger partial charge in [0.2, 0.25) is 0 Å². The molecule has 1 atom stereocenters. The zero-order chi connectivity index (χ0) is 17.2. The number of aromatic carboxylic acids is 1. The highest BCUT2D eigenvalue weighted by Gasteiger charge is 2.20. The Morgan fingerprint density at radius 2 is 1.65 bits per heavy atom. The molecule has 0 saturated carbocycles. The van der Waals surface area contributed by atoms with E-state index < -0.39 is 11.9 Å². The molecule has 0 aromatic heterocycles. The summed E-state index contributed by atoms with van der Waals surface area (Å²) in [5.74, 6) is -1.01. The first-order valence-corrected chi connectivity index (χ1v) is 8.49. The van der Waals surface area contributed by atoms with Crippen LogP contribution in [0.5, 0.6) is 0 Å². The molecule has 0 aliphatic rings. The summed E-state index contributed by atoms with van der Waals surface area (Å²) < 4.78 is 5.61. The van der Waals surface area contributed by atoms with Crippen LogP contribution in [0.1, 0.15) is 80.0 Å². The maximum Gasteiger partial charge on any atom is 0.339 e. The van der Waals surface area contributed by atoms with Gasteiger partial charge in [0, 0.05) is 0 Å². The zero-order valence-corrected chi connectivity index (χ0v) is 14.4. The fourth-order valence-corrected chi connectivity index (χ4v) is 2.51. The van der Waals surface area contributed by atoms with Crippen LogP contribution in [-0.4, -0.2) is 23.1 Å². The van der Waals surface area contributed by atoms with Gasteiger partial charge in [0.25, 0.3) is 0 Å². The topological polar surface area (TPSA) is 63.6 Å². The lowest BCUT2D eigenvalue weighted by atomic mass is 10.0. The summed E-state index contributed by atoms with van der Waals surface area (Å²) >= 11 is 0. The number of hydrogen-bond donors (Lipinski definition) is 1. The molecule has 23 heavy (non-hydrogen) atoms. The smallest absolute Gasteiger partial charge is 0.339 e. The molecule has 0 heterocycles. The lowest BCUT2D eigenvalue weighted by molar-refractivity contribution is 0.0243. The van der Waals surface area contributed by atoms with Crippen molar-refractivity contribution in [3.8, 4) is 0 Å². The Morgan fingerprint density at radius 3 is 2.22 bits per heavy atom. The molecular formula is C19H28O4. The van der Waals surface area contributed by atoms with Gasteiger partial charge in [0.1, 0.15) is 6.10 Å². The summed E-state index contributed by atoms with van der Waals surface area (Å²) in [6.07, 6.45) is 5.69. The quantitative estimate of drug-likeness (QED) is 0.621. The van der Waals surface area contributed by atoms with Gasteiger partial charge < -0.3 is 9.84 Å². The van der Waals surface area contributed by atoms with Crippen LogP contribution in [0.3, 0.4) is 0 Å². The van der Waals surface area contributed by atoms with E-state index in [0.29, 0.717) is 5.92 Å². The van der Waals surface area contributed by atoms with Crippen molar-refractivity contribution in [2.45, 2.75) is 65.4 Å². The summed E-state index contributed by atoms with van der Waals surface area (Å²) in [4.78, 5) is 23.6. The third kappa shape index (κ3) is 6.85. The van der Waals surface area contributed by atoms with Crippen LogP contribution < -0.4 is 0 Å². The van der Waals surface area contributed by atoms with E-state index in [1.54, 1.807) is 12.1 Å². The van der Waals surface area contributed by atoms with Gasteiger partial charge in [-0.15, -0.1) is 0 Å². The first-order valence-electron chi connectivity index (χ1n) is 8.49. The third-order valence-electron chi connectivity index (χ3n) is 3.84. The lowest BCUT2D eigenvalue weighted by Gasteiger charge is -2.19. The summed E-state index contributed by atoms with van der Waals surface area (Å²) in [7, 11) is 0. The highest BCUT2D eigenvalue weighted by atomic mass is 16.5. The predicted octanol–water partition coefficient (Wildman–Crippen LogP) is 4.93. The van der Waals surface area contributed by atoms with Crippen molar-refractivity contribution in [1.82, 2.24) is 0 Å². The molecule has 0 aliphatic heterocycles. The van der Waals surface area contributed by atoms with Crippen molar-refractivity contribution >= 4 is 11.9 Å². The molecule has 1 N–H and O–H groups in total. The van der Waals surface area contributed by atoms with Crippen LogP contribution >= 0.6 is 0 Å². The molecule has 4 nitrogen and oxygen atoms in total. The lowest BCUT2D eigenvalue weighted by Crippen LogP contribution is -2.20. The van der Waals surface area contributed by atoms with Gasteiger partial charge in [0.05, 0.1) is 11.1 Å². The Labute approximate surface area is 138 Å².